The van der Waals surface area contributed by atoms with Gasteiger partial charge in [-0.05, 0) is 18.1 Å². The highest BCUT2D eigenvalue weighted by Gasteiger charge is 2.17. The fraction of sp³-hybridized carbons (Fsp3) is 0.500. The van der Waals surface area contributed by atoms with Crippen molar-refractivity contribution in [3.8, 4) is 0 Å². The zero-order chi connectivity index (χ0) is 16.5. The molecule has 0 heterocycles. The number of hydrogen-bond acceptors (Lipinski definition) is 3. The third-order valence-corrected chi connectivity index (χ3v) is 3.33. The van der Waals surface area contributed by atoms with Gasteiger partial charge in [-0.3, -0.25) is 4.79 Å². The number of carbonyl (C=O) groups is 2. The van der Waals surface area contributed by atoms with Crippen molar-refractivity contribution >= 4 is 12.0 Å². The number of carboxylic acid groups (broad SMARTS) is 1. The zero-order valence-electron chi connectivity index (χ0n) is 13.3. The van der Waals surface area contributed by atoms with Crippen LogP contribution in [-0.2, 0) is 22.7 Å². The summed E-state index contributed by atoms with van der Waals surface area (Å²) in [5, 5.41) is 11.7. The molecule has 1 rings (SSSR count). The Morgan fingerprint density at radius 1 is 1.32 bits per heavy atom. The quantitative estimate of drug-likeness (QED) is 0.770. The van der Waals surface area contributed by atoms with Crippen LogP contribution in [0.5, 0.6) is 0 Å². The molecule has 0 aromatic heterocycles. The molecular formula is C16H24N2O4. The average Bonchev–Trinajstić information content (AvgIpc) is 2.50. The minimum Gasteiger partial charge on any atom is -0.481 e. The van der Waals surface area contributed by atoms with Crippen molar-refractivity contribution < 1.29 is 19.4 Å². The Kier molecular flexibility index (Phi) is 7.39. The number of carboxylic acids is 1. The van der Waals surface area contributed by atoms with Gasteiger partial charge in [-0.15, -0.1) is 0 Å². The van der Waals surface area contributed by atoms with Crippen LogP contribution in [0.4, 0.5) is 4.79 Å². The number of carbonyl (C=O) groups excluding carboxylic acids is 1. The normalized spacial score (nSPS) is 11.8. The molecule has 1 aromatic rings. The van der Waals surface area contributed by atoms with E-state index in [9.17, 15) is 9.59 Å². The number of urea groups is 1. The Morgan fingerprint density at radius 2 is 1.95 bits per heavy atom. The highest BCUT2D eigenvalue weighted by Crippen LogP contribution is 2.10. The number of benzene rings is 1. The van der Waals surface area contributed by atoms with Crippen LogP contribution in [0, 0.1) is 5.92 Å². The van der Waals surface area contributed by atoms with E-state index in [1.807, 2.05) is 31.2 Å². The van der Waals surface area contributed by atoms with E-state index < -0.39 is 11.9 Å². The molecule has 122 valence electrons. The summed E-state index contributed by atoms with van der Waals surface area (Å²) >= 11 is 0. The van der Waals surface area contributed by atoms with Crippen molar-refractivity contribution in [1.29, 1.82) is 0 Å². The molecule has 6 heteroatoms. The molecule has 1 atom stereocenters. The summed E-state index contributed by atoms with van der Waals surface area (Å²) in [5.41, 5.74) is 2.02. The second kappa shape index (κ2) is 9.04. The number of amides is 2. The van der Waals surface area contributed by atoms with Crippen LogP contribution < -0.4 is 5.32 Å². The van der Waals surface area contributed by atoms with Gasteiger partial charge in [-0.25, -0.2) is 4.79 Å². The van der Waals surface area contributed by atoms with Crippen LogP contribution in [0.3, 0.4) is 0 Å². The Bertz CT molecular complexity index is 505. The third-order valence-electron chi connectivity index (χ3n) is 3.33. The molecule has 0 aliphatic carbocycles. The van der Waals surface area contributed by atoms with E-state index in [2.05, 4.69) is 5.32 Å². The van der Waals surface area contributed by atoms with Gasteiger partial charge < -0.3 is 20.1 Å². The molecule has 0 spiro atoms. The van der Waals surface area contributed by atoms with E-state index in [0.29, 0.717) is 19.8 Å². The first-order valence-corrected chi connectivity index (χ1v) is 7.32. The number of nitrogens with zero attached hydrogens (tertiary/aromatic N) is 1. The van der Waals surface area contributed by atoms with Crippen LogP contribution in [0.1, 0.15) is 25.0 Å². The molecule has 2 amide bonds. The van der Waals surface area contributed by atoms with Gasteiger partial charge in [0.2, 0.25) is 0 Å². The van der Waals surface area contributed by atoms with Crippen LogP contribution in [0.25, 0.3) is 0 Å². The number of hydrogen-bond donors (Lipinski definition) is 2. The van der Waals surface area contributed by atoms with E-state index in [1.54, 1.807) is 14.0 Å². The van der Waals surface area contributed by atoms with Gasteiger partial charge in [0, 0.05) is 26.7 Å². The van der Waals surface area contributed by atoms with Gasteiger partial charge in [0.15, 0.2) is 0 Å². The molecule has 22 heavy (non-hydrogen) atoms. The van der Waals surface area contributed by atoms with E-state index in [-0.39, 0.29) is 12.6 Å². The molecule has 0 saturated heterocycles. The fourth-order valence-electron chi connectivity index (χ4n) is 1.96. The van der Waals surface area contributed by atoms with Crippen LogP contribution in [0.2, 0.25) is 0 Å². The molecule has 0 bridgehead atoms. The Hall–Kier alpha value is -2.08. The Balaban J connectivity index is 2.55. The molecule has 1 unspecified atom stereocenters. The van der Waals surface area contributed by atoms with Gasteiger partial charge in [0.25, 0.3) is 0 Å². The summed E-state index contributed by atoms with van der Waals surface area (Å²) in [5.74, 6) is -1.51. The predicted molar refractivity (Wildman–Crippen MR) is 83.4 cm³/mol. The summed E-state index contributed by atoms with van der Waals surface area (Å²) in [6.45, 7) is 5.20. The molecule has 2 N–H and O–H groups in total. The number of nitrogens with one attached hydrogen (secondary N) is 1. The molecule has 0 fully saturated rings. The van der Waals surface area contributed by atoms with Crippen molar-refractivity contribution in [3.05, 3.63) is 35.4 Å². The van der Waals surface area contributed by atoms with Gasteiger partial charge >= 0.3 is 12.0 Å². The van der Waals surface area contributed by atoms with Crippen molar-refractivity contribution in [2.24, 2.45) is 5.92 Å². The maximum Gasteiger partial charge on any atom is 0.317 e. The van der Waals surface area contributed by atoms with E-state index in [1.165, 1.54) is 4.90 Å². The molecule has 0 saturated carbocycles. The first-order valence-electron chi connectivity index (χ1n) is 7.32. The largest absolute Gasteiger partial charge is 0.481 e. The summed E-state index contributed by atoms with van der Waals surface area (Å²) in [7, 11) is 1.58. The highest BCUT2D eigenvalue weighted by molar-refractivity contribution is 5.75. The summed E-state index contributed by atoms with van der Waals surface area (Å²) < 4.78 is 5.41. The van der Waals surface area contributed by atoms with Crippen molar-refractivity contribution in [1.82, 2.24) is 10.2 Å². The lowest BCUT2D eigenvalue weighted by molar-refractivity contribution is -0.141. The molecule has 1 aromatic carbocycles. The zero-order valence-corrected chi connectivity index (χ0v) is 13.3. The van der Waals surface area contributed by atoms with Crippen molar-refractivity contribution in [3.63, 3.8) is 0 Å². The number of rotatable bonds is 8. The van der Waals surface area contributed by atoms with E-state index >= 15 is 0 Å². The van der Waals surface area contributed by atoms with E-state index in [0.717, 1.165) is 11.1 Å². The molecule has 0 radical (unpaired) electrons. The van der Waals surface area contributed by atoms with Crippen molar-refractivity contribution in [2.45, 2.75) is 27.0 Å². The van der Waals surface area contributed by atoms with Gasteiger partial charge in [-0.2, -0.15) is 0 Å². The molecule has 6 nitrogen and oxygen atoms in total. The van der Waals surface area contributed by atoms with Gasteiger partial charge in [0.1, 0.15) is 0 Å². The third kappa shape index (κ3) is 5.73. The molecular weight excluding hydrogens is 284 g/mol. The number of aliphatic carboxylic acids is 1. The Labute approximate surface area is 131 Å². The predicted octanol–water partition coefficient (Wildman–Crippen LogP) is 2.09. The average molecular weight is 308 g/mol. The SMILES string of the molecule is CCOCc1ccccc1CNC(=O)N(C)CC(C)C(=O)O. The van der Waals surface area contributed by atoms with Crippen LogP contribution in [0.15, 0.2) is 24.3 Å². The fourth-order valence-corrected chi connectivity index (χ4v) is 1.96. The lowest BCUT2D eigenvalue weighted by atomic mass is 10.1. The molecule has 0 aliphatic rings. The van der Waals surface area contributed by atoms with Crippen LogP contribution in [-0.4, -0.2) is 42.2 Å². The second-order valence-electron chi connectivity index (χ2n) is 5.18. The maximum atomic E-state index is 12.0. The summed E-state index contributed by atoms with van der Waals surface area (Å²) in [6.07, 6.45) is 0. The lowest BCUT2D eigenvalue weighted by Crippen LogP contribution is -2.40. The van der Waals surface area contributed by atoms with Gasteiger partial charge in [-0.1, -0.05) is 31.2 Å². The molecule has 0 aliphatic heterocycles. The first-order chi connectivity index (χ1) is 10.5. The van der Waals surface area contributed by atoms with Crippen LogP contribution >= 0.6 is 0 Å². The Morgan fingerprint density at radius 3 is 2.55 bits per heavy atom. The summed E-state index contributed by atoms with van der Waals surface area (Å²) in [6, 6.07) is 7.45. The lowest BCUT2D eigenvalue weighted by Gasteiger charge is -2.20. The second-order valence-corrected chi connectivity index (χ2v) is 5.18. The number of ether oxygens (including phenoxy) is 1. The maximum absolute atomic E-state index is 12.0. The van der Waals surface area contributed by atoms with Gasteiger partial charge in [0.05, 0.1) is 12.5 Å². The van der Waals surface area contributed by atoms with Crippen molar-refractivity contribution in [2.75, 3.05) is 20.2 Å². The van der Waals surface area contributed by atoms with E-state index in [4.69, 9.17) is 9.84 Å². The monoisotopic (exact) mass is 308 g/mol. The minimum atomic E-state index is -0.915. The topological polar surface area (TPSA) is 78.9 Å². The highest BCUT2D eigenvalue weighted by atomic mass is 16.5. The minimum absolute atomic E-state index is 0.168. The summed E-state index contributed by atoms with van der Waals surface area (Å²) in [4.78, 5) is 24.2. The first kappa shape index (κ1) is 18.0. The standard InChI is InChI=1S/C16H24N2O4/c1-4-22-11-14-8-6-5-7-13(14)9-17-16(21)18(3)10-12(2)15(19)20/h5-8,12H,4,9-11H2,1-3H3,(H,17,21)(H,19,20). The smallest absolute Gasteiger partial charge is 0.317 e.